The van der Waals surface area contributed by atoms with Gasteiger partial charge in [0.05, 0.1) is 28.2 Å². The van der Waals surface area contributed by atoms with Crippen LogP contribution in [0.15, 0.2) is 45.3 Å². The Bertz CT molecular complexity index is 1340. The molecule has 0 spiro atoms. The third kappa shape index (κ3) is 2.22. The molecule has 0 unspecified atom stereocenters. The predicted molar refractivity (Wildman–Crippen MR) is 111 cm³/mol. The Hall–Kier alpha value is -2.93. The maximum atomic E-state index is 13.2. The standard InChI is InChI=1S/C21H20N4O2S/c1-12-11-28-19(22-12)14-9-10-25-16(13-7-5-4-6-8-13)15-18(17(14)25)23(2)21(27)24(3)20(15)26/h4-8,11,14H,9-10H2,1-3H3/t14-/m0/s1. The Morgan fingerprint density at radius 3 is 2.54 bits per heavy atom. The van der Waals surface area contributed by atoms with E-state index in [1.165, 1.54) is 4.57 Å². The van der Waals surface area contributed by atoms with Gasteiger partial charge >= 0.3 is 5.69 Å². The third-order valence-electron chi connectivity index (χ3n) is 5.66. The van der Waals surface area contributed by atoms with Crippen LogP contribution in [0.2, 0.25) is 0 Å². The lowest BCUT2D eigenvalue weighted by Crippen LogP contribution is -2.37. The fourth-order valence-electron chi connectivity index (χ4n) is 4.39. The smallest absolute Gasteiger partial charge is 0.331 e. The van der Waals surface area contributed by atoms with Crippen molar-refractivity contribution >= 4 is 22.2 Å². The van der Waals surface area contributed by atoms with E-state index in [1.54, 1.807) is 30.0 Å². The van der Waals surface area contributed by atoms with Crippen molar-refractivity contribution in [3.05, 3.63) is 72.9 Å². The molecule has 4 heterocycles. The van der Waals surface area contributed by atoms with E-state index in [9.17, 15) is 9.59 Å². The molecule has 5 rings (SSSR count). The molecule has 0 fully saturated rings. The minimum Gasteiger partial charge on any atom is -0.341 e. The van der Waals surface area contributed by atoms with Crippen LogP contribution in [-0.4, -0.2) is 18.7 Å². The number of aryl methyl sites for hydroxylation is 2. The van der Waals surface area contributed by atoms with Gasteiger partial charge in [0.1, 0.15) is 5.01 Å². The minimum absolute atomic E-state index is 0.0939. The van der Waals surface area contributed by atoms with E-state index in [0.717, 1.165) is 46.1 Å². The molecule has 0 N–H and O–H groups in total. The summed E-state index contributed by atoms with van der Waals surface area (Å²) in [6, 6.07) is 9.96. The molecule has 0 radical (unpaired) electrons. The first-order valence-corrected chi connectivity index (χ1v) is 10.2. The van der Waals surface area contributed by atoms with Crippen LogP contribution < -0.4 is 11.2 Å². The van der Waals surface area contributed by atoms with Gasteiger partial charge in [-0.05, 0) is 18.9 Å². The van der Waals surface area contributed by atoms with Crippen LogP contribution in [-0.2, 0) is 20.6 Å². The highest BCUT2D eigenvalue weighted by atomic mass is 32.1. The number of aromatic nitrogens is 4. The second-order valence-electron chi connectivity index (χ2n) is 7.35. The van der Waals surface area contributed by atoms with Crippen LogP contribution in [0.3, 0.4) is 0 Å². The van der Waals surface area contributed by atoms with E-state index in [1.807, 2.05) is 37.3 Å². The second kappa shape index (κ2) is 6.04. The maximum absolute atomic E-state index is 13.2. The number of hydrogen-bond donors (Lipinski definition) is 0. The monoisotopic (exact) mass is 392 g/mol. The van der Waals surface area contributed by atoms with Gasteiger partial charge in [0.25, 0.3) is 5.56 Å². The number of benzene rings is 1. The quantitative estimate of drug-likeness (QED) is 0.527. The molecule has 1 atom stereocenters. The van der Waals surface area contributed by atoms with Gasteiger partial charge in [-0.2, -0.15) is 0 Å². The SMILES string of the molecule is Cc1csc([C@H]2CCn3c(-c4ccccc4)c4c(=O)n(C)c(=O)n(C)c4c32)n1. The Balaban J connectivity index is 1.95. The molecule has 1 aliphatic heterocycles. The second-order valence-corrected chi connectivity index (χ2v) is 8.24. The Morgan fingerprint density at radius 1 is 1.11 bits per heavy atom. The summed E-state index contributed by atoms with van der Waals surface area (Å²) in [7, 11) is 3.30. The summed E-state index contributed by atoms with van der Waals surface area (Å²) in [5.74, 6) is 0.0939. The number of hydrogen-bond acceptors (Lipinski definition) is 4. The molecule has 3 aromatic heterocycles. The van der Waals surface area contributed by atoms with Crippen molar-refractivity contribution in [2.75, 3.05) is 0 Å². The zero-order valence-corrected chi connectivity index (χ0v) is 16.8. The van der Waals surface area contributed by atoms with Gasteiger partial charge in [-0.25, -0.2) is 9.78 Å². The van der Waals surface area contributed by atoms with Crippen LogP contribution >= 0.6 is 11.3 Å². The van der Waals surface area contributed by atoms with Crippen LogP contribution in [0.25, 0.3) is 22.2 Å². The molecule has 0 saturated carbocycles. The molecule has 0 saturated heterocycles. The lowest BCUT2D eigenvalue weighted by atomic mass is 10.0. The van der Waals surface area contributed by atoms with Crippen LogP contribution in [0.1, 0.15) is 28.7 Å². The number of thiazole rings is 1. The molecular weight excluding hydrogens is 372 g/mol. The molecule has 0 bridgehead atoms. The van der Waals surface area contributed by atoms with Gasteiger partial charge in [0.15, 0.2) is 0 Å². The van der Waals surface area contributed by atoms with Crippen molar-refractivity contribution in [3.63, 3.8) is 0 Å². The van der Waals surface area contributed by atoms with Gasteiger partial charge in [-0.1, -0.05) is 30.3 Å². The lowest BCUT2D eigenvalue weighted by Gasteiger charge is -2.10. The van der Waals surface area contributed by atoms with E-state index in [2.05, 4.69) is 9.95 Å². The van der Waals surface area contributed by atoms with E-state index in [4.69, 9.17) is 4.98 Å². The van der Waals surface area contributed by atoms with E-state index in [-0.39, 0.29) is 17.2 Å². The Morgan fingerprint density at radius 2 is 1.86 bits per heavy atom. The summed E-state index contributed by atoms with van der Waals surface area (Å²) < 4.78 is 5.04. The van der Waals surface area contributed by atoms with Crippen LogP contribution in [0.4, 0.5) is 0 Å². The number of rotatable bonds is 2. The van der Waals surface area contributed by atoms with E-state index >= 15 is 0 Å². The van der Waals surface area contributed by atoms with Crippen molar-refractivity contribution in [1.82, 2.24) is 18.7 Å². The highest BCUT2D eigenvalue weighted by Crippen LogP contribution is 2.44. The molecule has 0 aliphatic carbocycles. The van der Waals surface area contributed by atoms with Crippen molar-refractivity contribution < 1.29 is 0 Å². The molecule has 28 heavy (non-hydrogen) atoms. The van der Waals surface area contributed by atoms with E-state index in [0.29, 0.717) is 5.39 Å². The number of fused-ring (bicyclic) bond motifs is 3. The summed E-state index contributed by atoms with van der Waals surface area (Å²) in [6.45, 7) is 2.79. The van der Waals surface area contributed by atoms with Gasteiger partial charge in [-0.3, -0.25) is 13.9 Å². The predicted octanol–water partition coefficient (Wildman–Crippen LogP) is 3.01. The molecule has 142 valence electrons. The minimum atomic E-state index is -0.300. The Labute approximate surface area is 165 Å². The number of nitrogens with zero attached hydrogens (tertiary/aromatic N) is 4. The van der Waals surface area contributed by atoms with Crippen LogP contribution in [0.5, 0.6) is 0 Å². The maximum Gasteiger partial charge on any atom is 0.331 e. The van der Waals surface area contributed by atoms with Gasteiger partial charge in [0, 0.05) is 31.7 Å². The van der Waals surface area contributed by atoms with Crippen molar-refractivity contribution in [1.29, 1.82) is 0 Å². The fourth-order valence-corrected chi connectivity index (χ4v) is 5.32. The summed E-state index contributed by atoms with van der Waals surface area (Å²) >= 11 is 1.65. The molecule has 1 aromatic carbocycles. The van der Waals surface area contributed by atoms with Crippen molar-refractivity contribution in [2.24, 2.45) is 14.1 Å². The summed E-state index contributed by atoms with van der Waals surface area (Å²) in [5.41, 5.74) is 4.12. The van der Waals surface area contributed by atoms with Gasteiger partial charge in [-0.15, -0.1) is 11.3 Å². The summed E-state index contributed by atoms with van der Waals surface area (Å²) in [6.07, 6.45) is 0.918. The largest absolute Gasteiger partial charge is 0.341 e. The molecule has 1 aliphatic rings. The zero-order chi connectivity index (χ0) is 19.6. The third-order valence-corrected chi connectivity index (χ3v) is 6.73. The zero-order valence-electron chi connectivity index (χ0n) is 16.0. The normalized spacial score (nSPS) is 16.0. The molecular formula is C21H20N4O2S. The average molecular weight is 392 g/mol. The van der Waals surface area contributed by atoms with Crippen LogP contribution in [0, 0.1) is 6.92 Å². The summed E-state index contributed by atoms with van der Waals surface area (Å²) in [4.78, 5) is 30.6. The first-order valence-electron chi connectivity index (χ1n) is 9.28. The lowest BCUT2D eigenvalue weighted by molar-refractivity contribution is 0.705. The van der Waals surface area contributed by atoms with E-state index < -0.39 is 0 Å². The highest BCUT2D eigenvalue weighted by Gasteiger charge is 2.35. The van der Waals surface area contributed by atoms with Crippen molar-refractivity contribution in [3.8, 4) is 11.3 Å². The fraction of sp³-hybridized carbons (Fsp3) is 0.286. The first kappa shape index (κ1) is 17.2. The first-order chi connectivity index (χ1) is 13.5. The Kier molecular flexibility index (Phi) is 3.71. The molecule has 4 aromatic rings. The van der Waals surface area contributed by atoms with Gasteiger partial charge < -0.3 is 4.57 Å². The highest BCUT2D eigenvalue weighted by molar-refractivity contribution is 7.09. The average Bonchev–Trinajstić information content (AvgIpc) is 3.39. The molecule has 7 heteroatoms. The molecule has 6 nitrogen and oxygen atoms in total. The summed E-state index contributed by atoms with van der Waals surface area (Å²) in [5, 5.41) is 3.71. The topological polar surface area (TPSA) is 61.8 Å². The molecule has 0 amide bonds. The van der Waals surface area contributed by atoms with Gasteiger partial charge in [0.2, 0.25) is 0 Å². The van der Waals surface area contributed by atoms with Crippen molar-refractivity contribution in [2.45, 2.75) is 25.8 Å².